The number of alkyl carbamates (subject to hydrolysis) is 1. The number of hydrogen-bond donors (Lipinski definition) is 2. The van der Waals surface area contributed by atoms with E-state index in [4.69, 9.17) is 9.47 Å². The summed E-state index contributed by atoms with van der Waals surface area (Å²) in [5.74, 6) is -0.683. The average molecular weight is 322 g/mol. The lowest BCUT2D eigenvalue weighted by Crippen LogP contribution is -2.45. The SMILES string of the molecule is CC(=O)OCCCNC(=O)C(C)NC(=O)OCc1ccccc1. The minimum Gasteiger partial charge on any atom is -0.466 e. The van der Waals surface area contributed by atoms with Crippen LogP contribution in [0.15, 0.2) is 30.3 Å². The monoisotopic (exact) mass is 322 g/mol. The average Bonchev–Trinajstić information content (AvgIpc) is 2.53. The van der Waals surface area contributed by atoms with E-state index in [1.165, 1.54) is 6.92 Å². The molecule has 1 aromatic rings. The molecule has 2 amide bonds. The molecule has 0 aromatic heterocycles. The molecule has 0 radical (unpaired) electrons. The van der Waals surface area contributed by atoms with E-state index in [1.54, 1.807) is 6.92 Å². The second-order valence-electron chi connectivity index (χ2n) is 4.91. The van der Waals surface area contributed by atoms with Crippen LogP contribution in [0.1, 0.15) is 25.8 Å². The van der Waals surface area contributed by atoms with E-state index in [9.17, 15) is 14.4 Å². The highest BCUT2D eigenvalue weighted by Gasteiger charge is 2.15. The van der Waals surface area contributed by atoms with Crippen LogP contribution in [0.4, 0.5) is 4.79 Å². The third kappa shape index (κ3) is 8.45. The summed E-state index contributed by atoms with van der Waals surface area (Å²) in [6.07, 6.45) is -0.146. The Kier molecular flexibility index (Phi) is 8.20. The number of ether oxygens (including phenoxy) is 2. The van der Waals surface area contributed by atoms with Crippen LogP contribution in [-0.4, -0.2) is 37.2 Å². The molecule has 7 heteroatoms. The summed E-state index contributed by atoms with van der Waals surface area (Å²) in [5.41, 5.74) is 0.866. The largest absolute Gasteiger partial charge is 0.466 e. The second-order valence-corrected chi connectivity index (χ2v) is 4.91. The van der Waals surface area contributed by atoms with E-state index in [0.29, 0.717) is 13.0 Å². The smallest absolute Gasteiger partial charge is 0.408 e. The third-order valence-corrected chi connectivity index (χ3v) is 2.87. The molecule has 126 valence electrons. The zero-order valence-corrected chi connectivity index (χ0v) is 13.3. The molecule has 0 saturated carbocycles. The van der Waals surface area contributed by atoms with Gasteiger partial charge >= 0.3 is 12.1 Å². The Morgan fingerprint density at radius 1 is 1.13 bits per heavy atom. The van der Waals surface area contributed by atoms with Crippen LogP contribution in [0.3, 0.4) is 0 Å². The minimum absolute atomic E-state index is 0.142. The van der Waals surface area contributed by atoms with Gasteiger partial charge in [-0.05, 0) is 18.9 Å². The summed E-state index contributed by atoms with van der Waals surface area (Å²) < 4.78 is 9.77. The standard InChI is InChI=1S/C16H22N2O5/c1-12(15(20)17-9-6-10-22-13(2)19)18-16(21)23-11-14-7-4-3-5-8-14/h3-5,7-8,12H,6,9-11H2,1-2H3,(H,17,20)(H,18,21). The van der Waals surface area contributed by atoms with Crippen molar-refractivity contribution in [3.8, 4) is 0 Å². The maximum atomic E-state index is 11.8. The van der Waals surface area contributed by atoms with Gasteiger partial charge in [0.15, 0.2) is 0 Å². The number of carbonyl (C=O) groups excluding carboxylic acids is 3. The second kappa shape index (κ2) is 10.2. The molecule has 0 aliphatic heterocycles. The minimum atomic E-state index is -0.716. The molecule has 0 bridgehead atoms. The van der Waals surface area contributed by atoms with Gasteiger partial charge < -0.3 is 20.1 Å². The van der Waals surface area contributed by atoms with E-state index < -0.39 is 12.1 Å². The molecule has 0 spiro atoms. The number of rotatable bonds is 8. The van der Waals surface area contributed by atoms with Crippen molar-refractivity contribution >= 4 is 18.0 Å². The van der Waals surface area contributed by atoms with E-state index >= 15 is 0 Å². The molecule has 1 unspecified atom stereocenters. The summed E-state index contributed by atoms with van der Waals surface area (Å²) in [4.78, 5) is 33.9. The summed E-state index contributed by atoms with van der Waals surface area (Å²) in [7, 11) is 0. The number of hydrogen-bond acceptors (Lipinski definition) is 5. The predicted octanol–water partition coefficient (Wildman–Crippen LogP) is 1.37. The van der Waals surface area contributed by atoms with Crippen molar-refractivity contribution in [1.29, 1.82) is 0 Å². The molecule has 23 heavy (non-hydrogen) atoms. The number of carbonyl (C=O) groups is 3. The molecule has 0 fully saturated rings. The van der Waals surface area contributed by atoms with Crippen LogP contribution in [0.2, 0.25) is 0 Å². The van der Waals surface area contributed by atoms with Gasteiger partial charge in [-0.1, -0.05) is 30.3 Å². The lowest BCUT2D eigenvalue weighted by Gasteiger charge is -2.14. The van der Waals surface area contributed by atoms with Gasteiger partial charge in [0.1, 0.15) is 12.6 Å². The Hall–Kier alpha value is -2.57. The summed E-state index contributed by atoms with van der Waals surface area (Å²) >= 11 is 0. The molecule has 0 heterocycles. The molecule has 0 saturated heterocycles. The highest BCUT2D eigenvalue weighted by molar-refractivity contribution is 5.85. The summed E-state index contributed by atoms with van der Waals surface area (Å²) in [6, 6.07) is 8.54. The van der Waals surface area contributed by atoms with Crippen molar-refractivity contribution in [2.24, 2.45) is 0 Å². The molecular weight excluding hydrogens is 300 g/mol. The molecule has 0 aliphatic rings. The van der Waals surface area contributed by atoms with E-state index in [2.05, 4.69) is 10.6 Å². The van der Waals surface area contributed by atoms with E-state index in [1.807, 2.05) is 30.3 Å². The highest BCUT2D eigenvalue weighted by Crippen LogP contribution is 2.00. The fourth-order valence-electron chi connectivity index (χ4n) is 1.66. The number of benzene rings is 1. The first-order chi connectivity index (χ1) is 11.0. The molecule has 1 rings (SSSR count). The highest BCUT2D eigenvalue weighted by atomic mass is 16.5. The predicted molar refractivity (Wildman–Crippen MR) is 83.5 cm³/mol. The van der Waals surface area contributed by atoms with Crippen LogP contribution in [0, 0.1) is 0 Å². The summed E-state index contributed by atoms with van der Waals surface area (Å²) in [5, 5.41) is 5.09. The maximum absolute atomic E-state index is 11.8. The Labute approximate surface area is 135 Å². The maximum Gasteiger partial charge on any atom is 0.408 e. The van der Waals surface area contributed by atoms with Crippen LogP contribution in [0.25, 0.3) is 0 Å². The van der Waals surface area contributed by atoms with Crippen LogP contribution >= 0.6 is 0 Å². The van der Waals surface area contributed by atoms with Crippen molar-refractivity contribution < 1.29 is 23.9 Å². The topological polar surface area (TPSA) is 93.7 Å². The molecule has 0 aliphatic carbocycles. The number of nitrogens with one attached hydrogen (secondary N) is 2. The van der Waals surface area contributed by atoms with Crippen LogP contribution < -0.4 is 10.6 Å². The fraction of sp³-hybridized carbons (Fsp3) is 0.438. The van der Waals surface area contributed by atoms with Gasteiger partial charge in [-0.2, -0.15) is 0 Å². The van der Waals surface area contributed by atoms with Gasteiger partial charge in [0.05, 0.1) is 6.61 Å². The molecule has 1 atom stereocenters. The molecule has 7 nitrogen and oxygen atoms in total. The first-order valence-corrected chi connectivity index (χ1v) is 7.37. The van der Waals surface area contributed by atoms with Crippen molar-refractivity contribution in [3.63, 3.8) is 0 Å². The Balaban J connectivity index is 2.18. The van der Waals surface area contributed by atoms with Gasteiger partial charge in [-0.3, -0.25) is 9.59 Å². The Morgan fingerprint density at radius 2 is 1.83 bits per heavy atom. The van der Waals surface area contributed by atoms with Gasteiger partial charge in [0.2, 0.25) is 5.91 Å². The fourth-order valence-corrected chi connectivity index (χ4v) is 1.66. The Bertz CT molecular complexity index is 518. The summed E-state index contributed by atoms with van der Waals surface area (Å²) in [6.45, 7) is 3.63. The zero-order chi connectivity index (χ0) is 17.1. The number of esters is 1. The van der Waals surface area contributed by atoms with Gasteiger partial charge in [-0.15, -0.1) is 0 Å². The normalized spacial score (nSPS) is 11.2. The molecule has 2 N–H and O–H groups in total. The quantitative estimate of drug-likeness (QED) is 0.557. The van der Waals surface area contributed by atoms with E-state index in [-0.39, 0.29) is 25.1 Å². The van der Waals surface area contributed by atoms with E-state index in [0.717, 1.165) is 5.56 Å². The number of amides is 2. The van der Waals surface area contributed by atoms with Crippen molar-refractivity contribution in [1.82, 2.24) is 10.6 Å². The third-order valence-electron chi connectivity index (χ3n) is 2.87. The van der Waals surface area contributed by atoms with Gasteiger partial charge in [0.25, 0.3) is 0 Å². The first-order valence-electron chi connectivity index (χ1n) is 7.37. The van der Waals surface area contributed by atoms with Gasteiger partial charge in [-0.25, -0.2) is 4.79 Å². The van der Waals surface area contributed by atoms with Gasteiger partial charge in [0, 0.05) is 13.5 Å². The van der Waals surface area contributed by atoms with Crippen LogP contribution in [0.5, 0.6) is 0 Å². The van der Waals surface area contributed by atoms with Crippen molar-refractivity contribution in [3.05, 3.63) is 35.9 Å². The van der Waals surface area contributed by atoms with Crippen LogP contribution in [-0.2, 0) is 25.7 Å². The van der Waals surface area contributed by atoms with Crippen molar-refractivity contribution in [2.45, 2.75) is 32.9 Å². The molecular formula is C16H22N2O5. The lowest BCUT2D eigenvalue weighted by atomic mass is 10.2. The zero-order valence-electron chi connectivity index (χ0n) is 13.3. The Morgan fingerprint density at radius 3 is 2.48 bits per heavy atom. The van der Waals surface area contributed by atoms with Crippen molar-refractivity contribution in [2.75, 3.05) is 13.2 Å². The first kappa shape index (κ1) is 18.5. The lowest BCUT2D eigenvalue weighted by molar-refractivity contribution is -0.141. The molecule has 1 aromatic carbocycles.